The number of carbonyl (C=O) groups is 1. The Labute approximate surface area is 108 Å². The van der Waals surface area contributed by atoms with Crippen LogP contribution in [0.3, 0.4) is 0 Å². The van der Waals surface area contributed by atoms with Crippen LogP contribution in [-0.2, 0) is 11.3 Å². The molecule has 0 fully saturated rings. The number of esters is 1. The molecule has 0 aromatic heterocycles. The molecule has 0 heterocycles. The van der Waals surface area contributed by atoms with Crippen molar-refractivity contribution in [3.63, 3.8) is 0 Å². The van der Waals surface area contributed by atoms with E-state index in [0.717, 1.165) is 12.1 Å². The summed E-state index contributed by atoms with van der Waals surface area (Å²) in [6.45, 7) is 5.19. The van der Waals surface area contributed by atoms with Crippen molar-refractivity contribution < 1.29 is 14.6 Å². The van der Waals surface area contributed by atoms with Crippen LogP contribution in [0.25, 0.3) is 0 Å². The predicted molar refractivity (Wildman–Crippen MR) is 70.4 cm³/mol. The standard InChI is InChI=1S/C14H21NO3/c1-11(2)18-14(17)13-6-4-12(5-7-13)10-15(3)8-9-16/h4-7,11,16H,8-10H2,1-3H3. The van der Waals surface area contributed by atoms with E-state index in [1.807, 2.05) is 37.9 Å². The number of aliphatic hydroxyl groups is 1. The molecule has 4 heteroatoms. The van der Waals surface area contributed by atoms with E-state index in [1.54, 1.807) is 12.1 Å². The number of carbonyl (C=O) groups excluding carboxylic acids is 1. The molecule has 0 aliphatic carbocycles. The zero-order valence-corrected chi connectivity index (χ0v) is 11.2. The largest absolute Gasteiger partial charge is 0.459 e. The lowest BCUT2D eigenvalue weighted by Crippen LogP contribution is -2.21. The minimum absolute atomic E-state index is 0.104. The molecular weight excluding hydrogens is 230 g/mol. The molecular formula is C14H21NO3. The maximum absolute atomic E-state index is 11.6. The zero-order valence-electron chi connectivity index (χ0n) is 11.2. The molecule has 0 unspecified atom stereocenters. The van der Waals surface area contributed by atoms with Crippen LogP contribution in [0.15, 0.2) is 24.3 Å². The molecule has 0 saturated carbocycles. The van der Waals surface area contributed by atoms with Crippen LogP contribution < -0.4 is 0 Å². The van der Waals surface area contributed by atoms with Crippen molar-refractivity contribution in [3.8, 4) is 0 Å². The van der Waals surface area contributed by atoms with E-state index < -0.39 is 0 Å². The lowest BCUT2D eigenvalue weighted by molar-refractivity contribution is 0.0378. The average Bonchev–Trinajstić information content (AvgIpc) is 2.29. The van der Waals surface area contributed by atoms with Crippen molar-refractivity contribution in [2.75, 3.05) is 20.2 Å². The van der Waals surface area contributed by atoms with Gasteiger partial charge in [0.2, 0.25) is 0 Å². The van der Waals surface area contributed by atoms with Crippen molar-refractivity contribution in [2.45, 2.75) is 26.5 Å². The number of benzene rings is 1. The lowest BCUT2D eigenvalue weighted by atomic mass is 10.1. The fourth-order valence-electron chi connectivity index (χ4n) is 1.59. The molecule has 0 aliphatic rings. The van der Waals surface area contributed by atoms with Gasteiger partial charge in [-0.25, -0.2) is 4.79 Å². The summed E-state index contributed by atoms with van der Waals surface area (Å²) in [4.78, 5) is 13.6. The third-order valence-corrected chi connectivity index (χ3v) is 2.47. The summed E-state index contributed by atoms with van der Waals surface area (Å²) < 4.78 is 5.11. The molecule has 0 atom stereocenters. The Morgan fingerprint density at radius 1 is 1.33 bits per heavy atom. The number of nitrogens with zero attached hydrogens (tertiary/aromatic N) is 1. The number of ether oxygens (including phenoxy) is 1. The Kier molecular flexibility index (Phi) is 5.82. The second kappa shape index (κ2) is 7.13. The van der Waals surface area contributed by atoms with E-state index in [9.17, 15) is 4.79 Å². The first-order chi connectivity index (χ1) is 8.52. The van der Waals surface area contributed by atoms with E-state index in [2.05, 4.69) is 0 Å². The van der Waals surface area contributed by atoms with E-state index >= 15 is 0 Å². The van der Waals surface area contributed by atoms with Crippen LogP contribution in [0.4, 0.5) is 0 Å². The highest BCUT2D eigenvalue weighted by molar-refractivity contribution is 5.89. The van der Waals surface area contributed by atoms with Gasteiger partial charge in [-0.15, -0.1) is 0 Å². The Morgan fingerprint density at radius 3 is 2.44 bits per heavy atom. The molecule has 1 aromatic rings. The smallest absolute Gasteiger partial charge is 0.338 e. The predicted octanol–water partition coefficient (Wildman–Crippen LogP) is 1.68. The Balaban J connectivity index is 2.59. The summed E-state index contributed by atoms with van der Waals surface area (Å²) in [6, 6.07) is 7.36. The summed E-state index contributed by atoms with van der Waals surface area (Å²) >= 11 is 0. The van der Waals surface area contributed by atoms with Crippen molar-refractivity contribution >= 4 is 5.97 Å². The third kappa shape index (κ3) is 4.85. The van der Waals surface area contributed by atoms with Gasteiger partial charge in [0.1, 0.15) is 0 Å². The fourth-order valence-corrected chi connectivity index (χ4v) is 1.59. The van der Waals surface area contributed by atoms with Gasteiger partial charge in [0.15, 0.2) is 0 Å². The van der Waals surface area contributed by atoms with Crippen LogP contribution in [0.1, 0.15) is 29.8 Å². The Bertz CT molecular complexity index is 373. The van der Waals surface area contributed by atoms with E-state index in [4.69, 9.17) is 9.84 Å². The minimum atomic E-state index is -0.291. The number of hydrogen-bond donors (Lipinski definition) is 1. The van der Waals surface area contributed by atoms with Crippen molar-refractivity contribution in [1.29, 1.82) is 0 Å². The molecule has 4 nitrogen and oxygen atoms in total. The van der Waals surface area contributed by atoms with Gasteiger partial charge >= 0.3 is 5.97 Å². The van der Waals surface area contributed by atoms with E-state index in [1.165, 1.54) is 0 Å². The molecule has 1 aromatic carbocycles. The molecule has 0 spiro atoms. The Hall–Kier alpha value is -1.39. The van der Waals surface area contributed by atoms with Crippen LogP contribution in [0.5, 0.6) is 0 Å². The minimum Gasteiger partial charge on any atom is -0.459 e. The maximum atomic E-state index is 11.6. The first-order valence-electron chi connectivity index (χ1n) is 6.12. The second-order valence-electron chi connectivity index (χ2n) is 4.61. The number of rotatable bonds is 6. The summed E-state index contributed by atoms with van der Waals surface area (Å²) in [5.41, 5.74) is 1.67. The molecule has 0 radical (unpaired) electrons. The average molecular weight is 251 g/mol. The van der Waals surface area contributed by atoms with Gasteiger partial charge in [0.05, 0.1) is 18.3 Å². The molecule has 0 saturated heterocycles. The SMILES string of the molecule is CC(C)OC(=O)c1ccc(CN(C)CCO)cc1. The van der Waals surface area contributed by atoms with E-state index in [0.29, 0.717) is 12.1 Å². The molecule has 18 heavy (non-hydrogen) atoms. The zero-order chi connectivity index (χ0) is 13.5. The van der Waals surface area contributed by atoms with Gasteiger partial charge in [0, 0.05) is 13.1 Å². The first-order valence-corrected chi connectivity index (χ1v) is 6.12. The monoisotopic (exact) mass is 251 g/mol. The second-order valence-corrected chi connectivity index (χ2v) is 4.61. The van der Waals surface area contributed by atoms with Gasteiger partial charge < -0.3 is 9.84 Å². The quantitative estimate of drug-likeness (QED) is 0.781. The highest BCUT2D eigenvalue weighted by Gasteiger charge is 2.09. The molecule has 1 rings (SSSR count). The van der Waals surface area contributed by atoms with Crippen LogP contribution in [0, 0.1) is 0 Å². The summed E-state index contributed by atoms with van der Waals surface area (Å²) in [6.07, 6.45) is -0.104. The summed E-state index contributed by atoms with van der Waals surface area (Å²) in [7, 11) is 1.94. The van der Waals surface area contributed by atoms with Crippen LogP contribution in [-0.4, -0.2) is 42.3 Å². The maximum Gasteiger partial charge on any atom is 0.338 e. The van der Waals surface area contributed by atoms with Gasteiger partial charge in [-0.2, -0.15) is 0 Å². The normalized spacial score (nSPS) is 11.0. The highest BCUT2D eigenvalue weighted by atomic mass is 16.5. The number of likely N-dealkylation sites (N-methyl/N-ethyl adjacent to an activating group) is 1. The van der Waals surface area contributed by atoms with E-state index in [-0.39, 0.29) is 18.7 Å². The molecule has 0 aliphatic heterocycles. The van der Waals surface area contributed by atoms with Gasteiger partial charge in [-0.3, -0.25) is 4.90 Å². The first kappa shape index (κ1) is 14.7. The third-order valence-electron chi connectivity index (χ3n) is 2.47. The molecule has 0 bridgehead atoms. The van der Waals surface area contributed by atoms with Crippen LogP contribution in [0.2, 0.25) is 0 Å². The molecule has 1 N–H and O–H groups in total. The summed E-state index contributed by atoms with van der Waals surface area (Å²) in [5, 5.41) is 8.81. The van der Waals surface area contributed by atoms with Gasteiger partial charge in [-0.1, -0.05) is 12.1 Å². The van der Waals surface area contributed by atoms with Crippen LogP contribution >= 0.6 is 0 Å². The molecule has 0 amide bonds. The van der Waals surface area contributed by atoms with Crippen molar-refractivity contribution in [2.24, 2.45) is 0 Å². The van der Waals surface area contributed by atoms with Gasteiger partial charge in [0.25, 0.3) is 0 Å². The topological polar surface area (TPSA) is 49.8 Å². The number of aliphatic hydroxyl groups excluding tert-OH is 1. The van der Waals surface area contributed by atoms with Crippen molar-refractivity contribution in [3.05, 3.63) is 35.4 Å². The summed E-state index contributed by atoms with van der Waals surface area (Å²) in [5.74, 6) is -0.291. The lowest BCUT2D eigenvalue weighted by Gasteiger charge is -2.15. The Morgan fingerprint density at radius 2 is 1.94 bits per heavy atom. The number of hydrogen-bond acceptors (Lipinski definition) is 4. The van der Waals surface area contributed by atoms with Crippen molar-refractivity contribution in [1.82, 2.24) is 4.90 Å². The van der Waals surface area contributed by atoms with Gasteiger partial charge in [-0.05, 0) is 38.6 Å². The molecule has 100 valence electrons. The fraction of sp³-hybridized carbons (Fsp3) is 0.500. The highest BCUT2D eigenvalue weighted by Crippen LogP contribution is 2.09.